The van der Waals surface area contributed by atoms with Gasteiger partial charge in [-0.25, -0.2) is 0 Å². The van der Waals surface area contributed by atoms with Gasteiger partial charge in [-0.3, -0.25) is 9.59 Å². The Labute approximate surface area is 85.3 Å². The number of nitrogens with zero attached hydrogens (tertiary/aromatic N) is 1. The fraction of sp³-hybridized carbons (Fsp3) is 0.333. The van der Waals surface area contributed by atoms with Gasteiger partial charge in [0, 0.05) is 12.3 Å². The van der Waals surface area contributed by atoms with E-state index in [4.69, 9.17) is 4.42 Å². The summed E-state index contributed by atoms with van der Waals surface area (Å²) in [6, 6.07) is 3.27. The van der Waals surface area contributed by atoms with Gasteiger partial charge in [0.2, 0.25) is 5.78 Å². The van der Waals surface area contributed by atoms with Crippen LogP contribution in [0.1, 0.15) is 10.6 Å². The predicted octanol–water partition coefficient (Wildman–Crippen LogP) is 1.63. The third-order valence-corrected chi connectivity index (χ3v) is 2.87. The molecule has 1 amide bonds. The first kappa shape index (κ1) is 9.33. The van der Waals surface area contributed by atoms with Crippen molar-refractivity contribution in [3.05, 3.63) is 24.2 Å². The van der Waals surface area contributed by atoms with Gasteiger partial charge in [-0.15, -0.1) is 0 Å². The summed E-state index contributed by atoms with van der Waals surface area (Å²) < 4.78 is 4.95. The number of amides is 1. The van der Waals surface area contributed by atoms with Gasteiger partial charge in [0.1, 0.15) is 0 Å². The normalized spacial score (nSPS) is 16.3. The second-order valence-electron chi connectivity index (χ2n) is 2.94. The molecule has 0 saturated carbocycles. The number of furan rings is 1. The summed E-state index contributed by atoms with van der Waals surface area (Å²) in [6.45, 7) is 0.773. The number of Topliss-reactive ketones (excluding diaryl/α,β-unsaturated/α-hetero) is 1. The summed E-state index contributed by atoms with van der Waals surface area (Å²) in [6.07, 6.45) is 1.45. The molecule has 0 spiro atoms. The van der Waals surface area contributed by atoms with Gasteiger partial charge in [0.15, 0.2) is 5.76 Å². The molecule has 0 radical (unpaired) electrons. The Morgan fingerprint density at radius 3 is 3.07 bits per heavy atom. The third kappa shape index (κ3) is 1.82. The van der Waals surface area contributed by atoms with Crippen molar-refractivity contribution in [2.24, 2.45) is 0 Å². The Balaban J connectivity index is 1.98. The maximum atomic E-state index is 11.5. The average Bonchev–Trinajstić information content (AvgIpc) is 2.77. The van der Waals surface area contributed by atoms with Crippen molar-refractivity contribution in [2.45, 2.75) is 0 Å². The number of hydrogen-bond acceptors (Lipinski definition) is 4. The molecule has 1 aliphatic heterocycles. The lowest BCUT2D eigenvalue weighted by Gasteiger charge is -2.11. The number of rotatable bonds is 3. The SMILES string of the molecule is O=C(CN1CCSC1=O)c1ccco1. The van der Waals surface area contributed by atoms with E-state index in [1.807, 2.05) is 0 Å². The molecule has 1 aromatic rings. The van der Waals surface area contributed by atoms with Crippen molar-refractivity contribution in [3.8, 4) is 0 Å². The topological polar surface area (TPSA) is 50.5 Å². The third-order valence-electron chi connectivity index (χ3n) is 1.98. The number of carbonyl (C=O) groups excluding carboxylic acids is 2. The molecule has 1 fully saturated rings. The van der Waals surface area contributed by atoms with E-state index in [0.29, 0.717) is 12.3 Å². The number of thioether (sulfide) groups is 1. The van der Waals surface area contributed by atoms with E-state index in [-0.39, 0.29) is 17.6 Å². The molecule has 0 bridgehead atoms. The van der Waals surface area contributed by atoms with E-state index in [2.05, 4.69) is 0 Å². The molecule has 5 heteroatoms. The van der Waals surface area contributed by atoms with Crippen LogP contribution in [0.4, 0.5) is 4.79 Å². The van der Waals surface area contributed by atoms with Crippen molar-refractivity contribution < 1.29 is 14.0 Å². The molecule has 0 aromatic carbocycles. The van der Waals surface area contributed by atoms with Crippen LogP contribution < -0.4 is 0 Å². The van der Waals surface area contributed by atoms with E-state index in [0.717, 1.165) is 5.75 Å². The van der Waals surface area contributed by atoms with E-state index < -0.39 is 0 Å². The van der Waals surface area contributed by atoms with E-state index >= 15 is 0 Å². The highest BCUT2D eigenvalue weighted by Crippen LogP contribution is 2.17. The fourth-order valence-electron chi connectivity index (χ4n) is 1.26. The number of hydrogen-bond donors (Lipinski definition) is 0. The van der Waals surface area contributed by atoms with Crippen molar-refractivity contribution in [1.29, 1.82) is 0 Å². The summed E-state index contributed by atoms with van der Waals surface area (Å²) in [4.78, 5) is 24.2. The molecule has 14 heavy (non-hydrogen) atoms. The minimum absolute atomic E-state index is 0.0232. The zero-order chi connectivity index (χ0) is 9.97. The second kappa shape index (κ2) is 3.88. The Morgan fingerprint density at radius 2 is 2.50 bits per heavy atom. The second-order valence-corrected chi connectivity index (χ2v) is 3.98. The number of carbonyl (C=O) groups is 2. The summed E-state index contributed by atoms with van der Waals surface area (Å²) in [5, 5.41) is -0.0232. The Bertz CT molecular complexity index is 347. The molecule has 0 atom stereocenters. The minimum atomic E-state index is -0.147. The Morgan fingerprint density at radius 1 is 1.64 bits per heavy atom. The summed E-state index contributed by atoms with van der Waals surface area (Å²) in [7, 11) is 0. The van der Waals surface area contributed by atoms with Crippen LogP contribution in [0.2, 0.25) is 0 Å². The molecule has 4 nitrogen and oxygen atoms in total. The molecular formula is C9H9NO3S. The van der Waals surface area contributed by atoms with Gasteiger partial charge in [0.05, 0.1) is 12.8 Å². The van der Waals surface area contributed by atoms with Gasteiger partial charge in [-0.1, -0.05) is 11.8 Å². The molecule has 1 aromatic heterocycles. The molecule has 1 saturated heterocycles. The number of ketones is 1. The van der Waals surface area contributed by atoms with Crippen LogP contribution in [0, 0.1) is 0 Å². The van der Waals surface area contributed by atoms with Crippen LogP contribution in [0.15, 0.2) is 22.8 Å². The van der Waals surface area contributed by atoms with Crippen molar-refractivity contribution >= 4 is 22.8 Å². The molecular weight excluding hydrogens is 202 g/mol. The van der Waals surface area contributed by atoms with Crippen LogP contribution in [0.3, 0.4) is 0 Å². The summed E-state index contributed by atoms with van der Waals surface area (Å²) >= 11 is 1.25. The lowest BCUT2D eigenvalue weighted by molar-refractivity contribution is 0.0929. The van der Waals surface area contributed by atoms with Crippen molar-refractivity contribution in [2.75, 3.05) is 18.8 Å². The zero-order valence-corrected chi connectivity index (χ0v) is 8.25. The largest absolute Gasteiger partial charge is 0.461 e. The maximum Gasteiger partial charge on any atom is 0.282 e. The van der Waals surface area contributed by atoms with Gasteiger partial charge < -0.3 is 9.32 Å². The van der Waals surface area contributed by atoms with Crippen molar-refractivity contribution in [3.63, 3.8) is 0 Å². The maximum absolute atomic E-state index is 11.5. The molecule has 2 heterocycles. The van der Waals surface area contributed by atoms with Gasteiger partial charge in [-0.05, 0) is 12.1 Å². The van der Waals surface area contributed by atoms with Crippen LogP contribution >= 0.6 is 11.8 Å². The van der Waals surface area contributed by atoms with Crippen LogP contribution in [-0.4, -0.2) is 34.8 Å². The van der Waals surface area contributed by atoms with Crippen LogP contribution in [0.5, 0.6) is 0 Å². The molecule has 0 unspecified atom stereocenters. The molecule has 0 N–H and O–H groups in total. The average molecular weight is 211 g/mol. The van der Waals surface area contributed by atoms with Gasteiger partial charge >= 0.3 is 0 Å². The van der Waals surface area contributed by atoms with E-state index in [1.165, 1.54) is 22.9 Å². The first-order valence-electron chi connectivity index (χ1n) is 4.26. The standard InChI is InChI=1S/C9H9NO3S/c11-7(8-2-1-4-13-8)6-10-3-5-14-9(10)12/h1-2,4H,3,5-6H2. The lowest BCUT2D eigenvalue weighted by atomic mass is 10.3. The molecule has 1 aliphatic rings. The summed E-state index contributed by atoms with van der Waals surface area (Å²) in [5.41, 5.74) is 0. The highest BCUT2D eigenvalue weighted by molar-refractivity contribution is 8.13. The molecule has 2 rings (SSSR count). The van der Waals surface area contributed by atoms with E-state index in [1.54, 1.807) is 12.1 Å². The fourth-order valence-corrected chi connectivity index (χ4v) is 2.08. The van der Waals surface area contributed by atoms with E-state index in [9.17, 15) is 9.59 Å². The zero-order valence-electron chi connectivity index (χ0n) is 7.43. The van der Waals surface area contributed by atoms with Gasteiger partial charge in [-0.2, -0.15) is 0 Å². The predicted molar refractivity (Wildman–Crippen MR) is 52.5 cm³/mol. The van der Waals surface area contributed by atoms with Crippen LogP contribution in [-0.2, 0) is 0 Å². The Kier molecular flexibility index (Phi) is 2.58. The first-order chi connectivity index (χ1) is 6.77. The summed E-state index contributed by atoms with van der Waals surface area (Å²) in [5.74, 6) is 0.935. The Hall–Kier alpha value is -1.23. The molecule has 74 valence electrons. The highest BCUT2D eigenvalue weighted by Gasteiger charge is 2.24. The minimum Gasteiger partial charge on any atom is -0.461 e. The van der Waals surface area contributed by atoms with Crippen LogP contribution in [0.25, 0.3) is 0 Å². The molecule has 0 aliphatic carbocycles. The quantitative estimate of drug-likeness (QED) is 0.713. The van der Waals surface area contributed by atoms with Crippen molar-refractivity contribution in [1.82, 2.24) is 4.90 Å². The lowest BCUT2D eigenvalue weighted by Crippen LogP contribution is -2.29. The smallest absolute Gasteiger partial charge is 0.282 e. The van der Waals surface area contributed by atoms with Gasteiger partial charge in [0.25, 0.3) is 5.24 Å². The highest BCUT2D eigenvalue weighted by atomic mass is 32.2. The first-order valence-corrected chi connectivity index (χ1v) is 5.24. The monoisotopic (exact) mass is 211 g/mol.